The van der Waals surface area contributed by atoms with Crippen LogP contribution in [0.3, 0.4) is 0 Å². The number of carbonyl (C=O) groups is 11. The number of hydrogen-bond acceptors (Lipinski definition) is 15. The Morgan fingerprint density at radius 2 is 1.17 bits per heavy atom. The molecule has 1 aliphatic heterocycles. The van der Waals surface area contributed by atoms with Gasteiger partial charge in [-0.25, -0.2) is 4.79 Å². The molecule has 0 aromatic heterocycles. The lowest BCUT2D eigenvalue weighted by Crippen LogP contribution is -2.61. The quantitative estimate of drug-likeness (QED) is 0.0207. The zero-order chi connectivity index (χ0) is 48.1. The molecular formula is C35H60N14O14. The molecule has 0 saturated carbocycles. The fraction of sp³-hybridized carbons (Fsp3) is 0.657. The lowest BCUT2D eigenvalue weighted by molar-refractivity contribution is -0.143. The van der Waals surface area contributed by atoms with Crippen LogP contribution in [0.2, 0.25) is 0 Å². The van der Waals surface area contributed by atoms with Gasteiger partial charge in [-0.15, -0.1) is 0 Å². The maximum Gasteiger partial charge on any atom is 0.326 e. The summed E-state index contributed by atoms with van der Waals surface area (Å²) in [6.45, 7) is 1.58. The number of nitrogens with zero attached hydrogens (tertiary/aromatic N) is 2. The third-order valence-electron chi connectivity index (χ3n) is 9.19. The number of aliphatic hydroxyl groups excluding tert-OH is 2. The van der Waals surface area contributed by atoms with E-state index in [1.54, 1.807) is 13.8 Å². The SMILES string of the molecule is CC(C)[C@H](NC(=O)CNC(=O)[C@H](CO)NC(=O)[C@@H]1CCCN1C(=O)[C@H](CCCN=C(N)N)NC(=O)[C@H](CC(N)=O)NC(=O)[C@H](CO)NC(=O)[C@H](CC(N)=O)NC(=O)[C@H](C)N)C(=O)O. The summed E-state index contributed by atoms with van der Waals surface area (Å²) >= 11 is 0. The standard InChI is InChI=1S/C35H60N14O14/c1-15(2)26(34(62)63)48-25(54)12-42-28(56)20(13-50)47-32(60)22-7-5-9-49(22)33(61)17(6-4-8-41-35(39)40)43-29(57)19(11-24(38)53)45-31(59)21(14-51)46-30(58)18(10-23(37)52)44-27(55)16(3)36/h15-22,26,50-51H,4-14,36H2,1-3H3,(H2,37,52)(H2,38,53)(H,42,56)(H,43,57)(H,44,55)(H,45,59)(H,46,58)(H,47,60)(H,48,54)(H,62,63)(H4,39,40,41)/t16-,17-,18-,19-,20-,21-,22-,26-/m0/s1. The van der Waals surface area contributed by atoms with Gasteiger partial charge in [0.05, 0.1) is 38.6 Å². The van der Waals surface area contributed by atoms with Crippen LogP contribution in [-0.4, -0.2) is 172 Å². The van der Waals surface area contributed by atoms with Gasteiger partial charge in [-0.1, -0.05) is 13.8 Å². The fourth-order valence-corrected chi connectivity index (χ4v) is 5.89. The van der Waals surface area contributed by atoms with Crippen molar-refractivity contribution in [3.8, 4) is 0 Å². The number of nitrogens with two attached hydrogens (primary N) is 5. The molecule has 0 aliphatic carbocycles. The fourth-order valence-electron chi connectivity index (χ4n) is 5.89. The third kappa shape index (κ3) is 18.9. The summed E-state index contributed by atoms with van der Waals surface area (Å²) in [7, 11) is 0. The molecule has 0 radical (unpaired) electrons. The van der Waals surface area contributed by atoms with E-state index in [0.29, 0.717) is 0 Å². The highest BCUT2D eigenvalue weighted by molar-refractivity contribution is 5.99. The van der Waals surface area contributed by atoms with Crippen molar-refractivity contribution >= 4 is 71.0 Å². The number of guanidine groups is 1. The van der Waals surface area contributed by atoms with Gasteiger partial charge in [-0.2, -0.15) is 0 Å². The van der Waals surface area contributed by atoms with Crippen LogP contribution in [0, 0.1) is 5.92 Å². The molecule has 28 heteroatoms. The van der Waals surface area contributed by atoms with E-state index in [1.807, 2.05) is 0 Å². The first kappa shape index (κ1) is 54.3. The molecule has 0 bridgehead atoms. The molecule has 1 fully saturated rings. The van der Waals surface area contributed by atoms with Gasteiger partial charge in [0.25, 0.3) is 0 Å². The number of carbonyl (C=O) groups excluding carboxylic acids is 10. The second-order valence-corrected chi connectivity index (χ2v) is 14.8. The minimum atomic E-state index is -1.85. The zero-order valence-corrected chi connectivity index (χ0v) is 35.1. The van der Waals surface area contributed by atoms with Gasteiger partial charge in [0.1, 0.15) is 42.3 Å². The summed E-state index contributed by atoms with van der Waals surface area (Å²) in [5, 5.41) is 44.7. The van der Waals surface area contributed by atoms with Crippen molar-refractivity contribution in [2.24, 2.45) is 39.6 Å². The number of aliphatic hydroxyl groups is 2. The second kappa shape index (κ2) is 26.6. The van der Waals surface area contributed by atoms with Crippen LogP contribution in [0.1, 0.15) is 59.3 Å². The predicted octanol–water partition coefficient (Wildman–Crippen LogP) is -9.12. The number of carboxylic acids is 1. The van der Waals surface area contributed by atoms with E-state index in [2.05, 4.69) is 42.2 Å². The summed E-state index contributed by atoms with van der Waals surface area (Å²) in [5.74, 6) is -12.3. The summed E-state index contributed by atoms with van der Waals surface area (Å²) in [4.78, 5) is 145. The normalized spacial score (nSPS) is 16.6. The van der Waals surface area contributed by atoms with Crippen molar-refractivity contribution in [1.82, 2.24) is 42.1 Å². The van der Waals surface area contributed by atoms with Crippen molar-refractivity contribution in [1.29, 1.82) is 0 Å². The summed E-state index contributed by atoms with van der Waals surface area (Å²) < 4.78 is 0. The number of hydrogen-bond donors (Lipinski definition) is 15. The third-order valence-corrected chi connectivity index (χ3v) is 9.19. The van der Waals surface area contributed by atoms with Crippen LogP contribution in [0.15, 0.2) is 4.99 Å². The molecule has 0 unspecified atom stereocenters. The number of rotatable bonds is 27. The molecule has 1 aliphatic rings. The van der Waals surface area contributed by atoms with E-state index >= 15 is 0 Å². The second-order valence-electron chi connectivity index (χ2n) is 14.8. The van der Waals surface area contributed by atoms with Crippen LogP contribution in [-0.2, 0) is 52.7 Å². The number of amides is 10. The highest BCUT2D eigenvalue weighted by Crippen LogP contribution is 2.20. The molecule has 10 amide bonds. The van der Waals surface area contributed by atoms with Gasteiger partial charge in [0.15, 0.2) is 5.96 Å². The predicted molar refractivity (Wildman–Crippen MR) is 217 cm³/mol. The summed E-state index contributed by atoms with van der Waals surface area (Å²) in [6.07, 6.45) is -1.41. The molecule has 0 aromatic rings. The summed E-state index contributed by atoms with van der Waals surface area (Å²) in [6, 6.07) is -12.0. The summed E-state index contributed by atoms with van der Waals surface area (Å²) in [5.41, 5.74) is 26.8. The smallest absolute Gasteiger partial charge is 0.326 e. The highest BCUT2D eigenvalue weighted by atomic mass is 16.4. The van der Waals surface area contributed by atoms with Crippen molar-refractivity contribution < 1.29 is 68.1 Å². The molecule has 20 N–H and O–H groups in total. The van der Waals surface area contributed by atoms with Gasteiger partial charge < -0.3 is 86.1 Å². The molecule has 354 valence electrons. The van der Waals surface area contributed by atoms with Gasteiger partial charge in [-0.05, 0) is 38.5 Å². The number of likely N-dealkylation sites (tertiary alicyclic amines) is 1. The van der Waals surface area contributed by atoms with E-state index in [1.165, 1.54) is 6.92 Å². The Kier molecular flexibility index (Phi) is 23.0. The zero-order valence-electron chi connectivity index (χ0n) is 35.1. The Balaban J connectivity index is 3.26. The average Bonchev–Trinajstić information content (AvgIpc) is 3.69. The van der Waals surface area contributed by atoms with Crippen LogP contribution in [0.4, 0.5) is 0 Å². The van der Waals surface area contributed by atoms with Crippen LogP contribution in [0.25, 0.3) is 0 Å². The molecule has 0 spiro atoms. The maximum atomic E-state index is 14.1. The first-order valence-corrected chi connectivity index (χ1v) is 19.6. The Hall–Kier alpha value is -6.68. The van der Waals surface area contributed by atoms with Crippen molar-refractivity contribution in [3.05, 3.63) is 0 Å². The lowest BCUT2D eigenvalue weighted by Gasteiger charge is -2.30. The van der Waals surface area contributed by atoms with E-state index in [0.717, 1.165) is 4.90 Å². The van der Waals surface area contributed by atoms with E-state index in [9.17, 15) is 68.1 Å². The monoisotopic (exact) mass is 900 g/mol. The van der Waals surface area contributed by atoms with Crippen LogP contribution < -0.4 is 65.9 Å². The van der Waals surface area contributed by atoms with E-state index in [-0.39, 0.29) is 44.7 Å². The van der Waals surface area contributed by atoms with Crippen LogP contribution >= 0.6 is 0 Å². The lowest BCUT2D eigenvalue weighted by atomic mass is 10.1. The highest BCUT2D eigenvalue weighted by Gasteiger charge is 2.40. The molecule has 1 saturated heterocycles. The Bertz CT molecular complexity index is 1720. The minimum Gasteiger partial charge on any atom is -0.480 e. The number of primary amides is 2. The number of carboxylic acid groups (broad SMARTS) is 1. The minimum absolute atomic E-state index is 0.0331. The maximum absolute atomic E-state index is 14.1. The van der Waals surface area contributed by atoms with Gasteiger partial charge >= 0.3 is 5.97 Å². The van der Waals surface area contributed by atoms with Crippen LogP contribution in [0.5, 0.6) is 0 Å². The van der Waals surface area contributed by atoms with Gasteiger partial charge in [0.2, 0.25) is 59.1 Å². The molecule has 63 heavy (non-hydrogen) atoms. The first-order valence-electron chi connectivity index (χ1n) is 19.6. The number of aliphatic imine (C=N–C) groups is 1. The van der Waals surface area contributed by atoms with Crippen molar-refractivity contribution in [2.75, 3.05) is 32.8 Å². The largest absolute Gasteiger partial charge is 0.480 e. The van der Waals surface area contributed by atoms with Crippen molar-refractivity contribution in [3.63, 3.8) is 0 Å². The Labute approximate surface area is 361 Å². The number of aliphatic carboxylic acids is 1. The van der Waals surface area contributed by atoms with E-state index < -0.39 is 152 Å². The Morgan fingerprint density at radius 1 is 0.683 bits per heavy atom. The molecule has 0 aromatic carbocycles. The molecule has 8 atom stereocenters. The average molecular weight is 901 g/mol. The molecule has 1 heterocycles. The topological polar surface area (TPSA) is 478 Å². The van der Waals surface area contributed by atoms with E-state index in [4.69, 9.17) is 28.7 Å². The number of nitrogens with one attached hydrogen (secondary N) is 7. The van der Waals surface area contributed by atoms with Crippen molar-refractivity contribution in [2.45, 2.75) is 108 Å². The first-order chi connectivity index (χ1) is 29.4. The van der Waals surface area contributed by atoms with Gasteiger partial charge in [0, 0.05) is 13.1 Å². The van der Waals surface area contributed by atoms with Gasteiger partial charge in [-0.3, -0.25) is 52.9 Å². The Morgan fingerprint density at radius 3 is 1.65 bits per heavy atom. The molecule has 28 nitrogen and oxygen atoms in total. The molecular weight excluding hydrogens is 840 g/mol. The molecule has 1 rings (SSSR count).